The van der Waals surface area contributed by atoms with Gasteiger partial charge < -0.3 is 14.8 Å². The van der Waals surface area contributed by atoms with E-state index in [9.17, 15) is 0 Å². The van der Waals surface area contributed by atoms with Crippen LogP contribution in [0.2, 0.25) is 0 Å². The first-order chi connectivity index (χ1) is 5.29. The molecule has 0 amide bonds. The Bertz CT molecular complexity index is 127. The van der Waals surface area contributed by atoms with Crippen molar-refractivity contribution in [1.29, 1.82) is 0 Å². The summed E-state index contributed by atoms with van der Waals surface area (Å²) in [5.74, 6) is 2.55. The molecule has 1 unspecified atom stereocenters. The molecule has 0 aromatic carbocycles. The number of methoxy groups -OCH3 is 2. The van der Waals surface area contributed by atoms with Gasteiger partial charge in [-0.25, -0.2) is 0 Å². The van der Waals surface area contributed by atoms with Gasteiger partial charge in [-0.2, -0.15) is 0 Å². The second-order valence-electron chi connectivity index (χ2n) is 2.14. The van der Waals surface area contributed by atoms with E-state index in [0.717, 1.165) is 0 Å². The molecule has 0 aliphatic carbocycles. The van der Waals surface area contributed by atoms with Gasteiger partial charge in [0.25, 0.3) is 0 Å². The molecule has 0 radical (unpaired) electrons. The van der Waals surface area contributed by atoms with Gasteiger partial charge in [0.15, 0.2) is 6.29 Å². The van der Waals surface area contributed by atoms with Crippen LogP contribution in [0.3, 0.4) is 0 Å². The quantitative estimate of drug-likeness (QED) is 0.457. The minimum atomic E-state index is -0.268. The molecule has 0 rings (SSSR count). The van der Waals surface area contributed by atoms with Crippen molar-refractivity contribution in [3.8, 4) is 12.3 Å². The molecule has 0 heterocycles. The zero-order valence-electron chi connectivity index (χ0n) is 7.26. The van der Waals surface area contributed by atoms with Crippen LogP contribution >= 0.6 is 0 Å². The van der Waals surface area contributed by atoms with Crippen LogP contribution in [-0.2, 0) is 9.47 Å². The molecule has 3 nitrogen and oxygen atoms in total. The summed E-state index contributed by atoms with van der Waals surface area (Å²) in [7, 11) is 5.01. The van der Waals surface area contributed by atoms with Crippen LogP contribution in [0.15, 0.2) is 0 Å². The highest BCUT2D eigenvalue weighted by molar-refractivity contribution is 4.90. The summed E-state index contributed by atoms with van der Waals surface area (Å²) in [6.07, 6.45) is 5.48. The minimum Gasteiger partial charge on any atom is -0.354 e. The van der Waals surface area contributed by atoms with Gasteiger partial charge in [0.2, 0.25) is 0 Å². The average molecular weight is 157 g/mol. The van der Waals surface area contributed by atoms with Crippen molar-refractivity contribution in [2.75, 3.05) is 21.3 Å². The minimum absolute atomic E-state index is 0.0648. The van der Waals surface area contributed by atoms with Crippen LogP contribution in [-0.4, -0.2) is 33.6 Å². The Morgan fingerprint density at radius 1 is 1.45 bits per heavy atom. The number of rotatable bonds is 5. The number of hydrogen-bond acceptors (Lipinski definition) is 3. The van der Waals surface area contributed by atoms with Crippen molar-refractivity contribution in [1.82, 2.24) is 5.32 Å². The van der Waals surface area contributed by atoms with Crippen LogP contribution in [0, 0.1) is 12.3 Å². The van der Waals surface area contributed by atoms with E-state index in [4.69, 9.17) is 15.9 Å². The maximum Gasteiger partial charge on any atom is 0.172 e. The fourth-order valence-electron chi connectivity index (χ4n) is 0.886. The molecule has 0 saturated heterocycles. The smallest absolute Gasteiger partial charge is 0.172 e. The Kier molecular flexibility index (Phi) is 5.86. The number of likely N-dealkylation sites (N-methyl/N-ethyl adjacent to an activating group) is 1. The molecule has 3 heteroatoms. The largest absolute Gasteiger partial charge is 0.354 e. The Morgan fingerprint density at radius 2 is 2.00 bits per heavy atom. The first-order valence-electron chi connectivity index (χ1n) is 3.46. The van der Waals surface area contributed by atoms with E-state index in [0.29, 0.717) is 6.42 Å². The van der Waals surface area contributed by atoms with Crippen molar-refractivity contribution >= 4 is 0 Å². The lowest BCUT2D eigenvalue weighted by atomic mass is 10.2. The first kappa shape index (κ1) is 10.4. The van der Waals surface area contributed by atoms with Crippen LogP contribution in [0.25, 0.3) is 0 Å². The van der Waals surface area contributed by atoms with Crippen molar-refractivity contribution in [2.45, 2.75) is 18.8 Å². The topological polar surface area (TPSA) is 30.5 Å². The van der Waals surface area contributed by atoms with Gasteiger partial charge >= 0.3 is 0 Å². The fourth-order valence-corrected chi connectivity index (χ4v) is 0.886. The zero-order valence-corrected chi connectivity index (χ0v) is 7.26. The molecule has 0 aromatic heterocycles. The SMILES string of the molecule is C#CCC(NC)C(OC)OC. The van der Waals surface area contributed by atoms with E-state index in [1.54, 1.807) is 14.2 Å². The summed E-state index contributed by atoms with van der Waals surface area (Å²) in [5, 5.41) is 3.01. The molecule has 0 aliphatic heterocycles. The summed E-state index contributed by atoms with van der Waals surface area (Å²) < 4.78 is 10.0. The average Bonchev–Trinajstić information content (AvgIpc) is 2.05. The molecule has 64 valence electrons. The van der Waals surface area contributed by atoms with E-state index >= 15 is 0 Å². The van der Waals surface area contributed by atoms with E-state index in [-0.39, 0.29) is 12.3 Å². The zero-order chi connectivity index (χ0) is 8.69. The predicted molar refractivity (Wildman–Crippen MR) is 44.1 cm³/mol. The van der Waals surface area contributed by atoms with Crippen LogP contribution in [0.5, 0.6) is 0 Å². The fraction of sp³-hybridized carbons (Fsp3) is 0.750. The number of ether oxygens (including phenoxy) is 2. The van der Waals surface area contributed by atoms with Crippen molar-refractivity contribution in [3.05, 3.63) is 0 Å². The maximum absolute atomic E-state index is 5.15. The van der Waals surface area contributed by atoms with Gasteiger partial charge in [0, 0.05) is 20.6 Å². The number of terminal acetylenes is 1. The highest BCUT2D eigenvalue weighted by atomic mass is 16.7. The highest BCUT2D eigenvalue weighted by Gasteiger charge is 2.16. The third-order valence-corrected chi connectivity index (χ3v) is 1.50. The summed E-state index contributed by atoms with van der Waals surface area (Å²) in [6.45, 7) is 0. The highest BCUT2D eigenvalue weighted by Crippen LogP contribution is 2.01. The summed E-state index contributed by atoms with van der Waals surface area (Å²) >= 11 is 0. The van der Waals surface area contributed by atoms with Crippen molar-refractivity contribution in [2.24, 2.45) is 0 Å². The van der Waals surface area contributed by atoms with Gasteiger partial charge in [-0.3, -0.25) is 0 Å². The third-order valence-electron chi connectivity index (χ3n) is 1.50. The second kappa shape index (κ2) is 6.17. The molecule has 0 fully saturated rings. The Morgan fingerprint density at radius 3 is 2.27 bits per heavy atom. The van der Waals surface area contributed by atoms with Crippen LogP contribution < -0.4 is 5.32 Å². The second-order valence-corrected chi connectivity index (χ2v) is 2.14. The van der Waals surface area contributed by atoms with Gasteiger partial charge in [0.1, 0.15) is 0 Å². The van der Waals surface area contributed by atoms with Crippen LogP contribution in [0.1, 0.15) is 6.42 Å². The predicted octanol–water partition coefficient (Wildman–Crippen LogP) is 0.217. The summed E-state index contributed by atoms with van der Waals surface area (Å²) in [5.41, 5.74) is 0. The lowest BCUT2D eigenvalue weighted by molar-refractivity contribution is -0.120. The molecule has 1 N–H and O–H groups in total. The molecular weight excluding hydrogens is 142 g/mol. The van der Waals surface area contributed by atoms with Gasteiger partial charge in [-0.1, -0.05) is 0 Å². The van der Waals surface area contributed by atoms with E-state index in [2.05, 4.69) is 11.2 Å². The number of nitrogens with one attached hydrogen (secondary N) is 1. The van der Waals surface area contributed by atoms with Gasteiger partial charge in [-0.05, 0) is 7.05 Å². The molecule has 0 spiro atoms. The van der Waals surface area contributed by atoms with Crippen molar-refractivity contribution in [3.63, 3.8) is 0 Å². The monoisotopic (exact) mass is 157 g/mol. The lowest BCUT2D eigenvalue weighted by Crippen LogP contribution is -2.39. The molecule has 0 bridgehead atoms. The Balaban J connectivity index is 3.89. The first-order valence-corrected chi connectivity index (χ1v) is 3.46. The van der Waals surface area contributed by atoms with Crippen LogP contribution in [0.4, 0.5) is 0 Å². The Hall–Kier alpha value is -0.560. The standard InChI is InChI=1S/C8H15NO2/c1-5-6-7(9-2)8(10-3)11-4/h1,7-9H,6H2,2-4H3. The molecule has 11 heavy (non-hydrogen) atoms. The van der Waals surface area contributed by atoms with E-state index in [1.807, 2.05) is 7.05 Å². The molecule has 0 aliphatic rings. The maximum atomic E-state index is 5.15. The molecular formula is C8H15NO2. The van der Waals surface area contributed by atoms with Crippen molar-refractivity contribution < 1.29 is 9.47 Å². The van der Waals surface area contributed by atoms with Gasteiger partial charge in [-0.15, -0.1) is 12.3 Å². The van der Waals surface area contributed by atoms with E-state index < -0.39 is 0 Å². The molecule has 1 atom stereocenters. The molecule has 0 saturated carbocycles. The normalized spacial score (nSPS) is 13.0. The summed E-state index contributed by atoms with van der Waals surface area (Å²) in [6, 6.07) is 0.0648. The lowest BCUT2D eigenvalue weighted by Gasteiger charge is -2.22. The summed E-state index contributed by atoms with van der Waals surface area (Å²) in [4.78, 5) is 0. The third kappa shape index (κ3) is 3.38. The van der Waals surface area contributed by atoms with Gasteiger partial charge in [0.05, 0.1) is 6.04 Å². The van der Waals surface area contributed by atoms with E-state index in [1.165, 1.54) is 0 Å². The molecule has 0 aromatic rings. The Labute approximate surface area is 68.1 Å². The number of hydrogen-bond donors (Lipinski definition) is 1.